The van der Waals surface area contributed by atoms with Gasteiger partial charge in [0, 0.05) is 25.3 Å². The fourth-order valence-electron chi connectivity index (χ4n) is 2.22. The maximum Gasteiger partial charge on any atom is 0.252 e. The molecule has 7 nitrogen and oxygen atoms in total. The zero-order chi connectivity index (χ0) is 20.9. The van der Waals surface area contributed by atoms with Gasteiger partial charge >= 0.3 is 0 Å². The molecule has 0 atom stereocenters. The number of hydrogen-bond acceptors (Lipinski definition) is 5. The van der Waals surface area contributed by atoms with Crippen LogP contribution in [-0.2, 0) is 10.0 Å². The minimum Gasteiger partial charge on any atom is -0.367 e. The van der Waals surface area contributed by atoms with Crippen molar-refractivity contribution < 1.29 is 13.2 Å². The van der Waals surface area contributed by atoms with Crippen molar-refractivity contribution in [2.24, 2.45) is 0 Å². The van der Waals surface area contributed by atoms with Crippen molar-refractivity contribution in [3.63, 3.8) is 0 Å². The Balaban J connectivity index is 2.01. The molecule has 0 spiro atoms. The summed E-state index contributed by atoms with van der Waals surface area (Å²) >= 11 is 17.8. The molecule has 0 fully saturated rings. The Bertz CT molecular complexity index is 968. The molecule has 0 aliphatic heterocycles. The predicted octanol–water partition coefficient (Wildman–Crippen LogP) is 3.57. The highest BCUT2D eigenvalue weighted by molar-refractivity contribution is 7.89. The number of carbonyl (C=O) groups is 1. The molecule has 1 aromatic heterocycles. The first-order valence-electron chi connectivity index (χ1n) is 8.25. The summed E-state index contributed by atoms with van der Waals surface area (Å²) in [6.45, 7) is 3.98. The van der Waals surface area contributed by atoms with E-state index in [2.05, 4.69) is 20.3 Å². The number of amides is 1. The second-order valence-electron chi connectivity index (χ2n) is 6.08. The zero-order valence-electron chi connectivity index (χ0n) is 15.1. The number of benzene rings is 1. The Morgan fingerprint density at radius 3 is 2.46 bits per heavy atom. The fourth-order valence-corrected chi connectivity index (χ4v) is 4.15. The Kier molecular flexibility index (Phi) is 7.91. The molecule has 28 heavy (non-hydrogen) atoms. The highest BCUT2D eigenvalue weighted by Gasteiger charge is 2.19. The smallest absolute Gasteiger partial charge is 0.252 e. The number of hydrogen-bond donors (Lipinski definition) is 3. The maximum absolute atomic E-state index is 12.4. The monoisotopic (exact) mass is 464 g/mol. The first-order valence-corrected chi connectivity index (χ1v) is 10.9. The second kappa shape index (κ2) is 9.76. The van der Waals surface area contributed by atoms with Crippen molar-refractivity contribution in [2.45, 2.75) is 24.8 Å². The molecule has 1 aromatic carbocycles. The molecule has 0 unspecified atom stereocenters. The number of pyridine rings is 1. The highest BCUT2D eigenvalue weighted by Crippen LogP contribution is 2.22. The largest absolute Gasteiger partial charge is 0.367 e. The van der Waals surface area contributed by atoms with Gasteiger partial charge in [-0.15, -0.1) is 0 Å². The van der Waals surface area contributed by atoms with Gasteiger partial charge in [-0.2, -0.15) is 0 Å². The van der Waals surface area contributed by atoms with Gasteiger partial charge in [0.05, 0.1) is 25.5 Å². The summed E-state index contributed by atoms with van der Waals surface area (Å²) in [5.41, 5.74) is 0.0657. The molecule has 0 saturated heterocycles. The molecule has 0 aliphatic carbocycles. The van der Waals surface area contributed by atoms with Crippen LogP contribution < -0.4 is 15.4 Å². The summed E-state index contributed by atoms with van der Waals surface area (Å²) < 4.78 is 27.0. The molecule has 1 heterocycles. The van der Waals surface area contributed by atoms with Crippen molar-refractivity contribution in [3.05, 3.63) is 51.1 Å². The summed E-state index contributed by atoms with van der Waals surface area (Å²) in [4.78, 5) is 16.4. The number of carbonyl (C=O) groups excluding carboxylic acids is 1. The lowest BCUT2D eigenvalue weighted by Gasteiger charge is -2.12. The van der Waals surface area contributed by atoms with Crippen molar-refractivity contribution >= 4 is 56.6 Å². The topological polar surface area (TPSA) is 100 Å². The van der Waals surface area contributed by atoms with Gasteiger partial charge in [-0.05, 0) is 38.1 Å². The summed E-state index contributed by atoms with van der Waals surface area (Å²) in [5, 5.41) is 6.55. The van der Waals surface area contributed by atoms with Gasteiger partial charge in [-0.3, -0.25) is 4.79 Å². The van der Waals surface area contributed by atoms with Crippen LogP contribution in [0.2, 0.25) is 15.1 Å². The van der Waals surface area contributed by atoms with Gasteiger partial charge in [-0.25, -0.2) is 18.1 Å². The highest BCUT2D eigenvalue weighted by atomic mass is 35.5. The van der Waals surface area contributed by atoms with Crippen molar-refractivity contribution in [3.8, 4) is 0 Å². The van der Waals surface area contributed by atoms with E-state index in [-0.39, 0.29) is 28.1 Å². The van der Waals surface area contributed by atoms with Crippen LogP contribution in [0.3, 0.4) is 0 Å². The van der Waals surface area contributed by atoms with Crippen LogP contribution >= 0.6 is 34.8 Å². The van der Waals surface area contributed by atoms with Crippen molar-refractivity contribution in [1.29, 1.82) is 0 Å². The van der Waals surface area contributed by atoms with Crippen LogP contribution in [0.4, 0.5) is 5.82 Å². The van der Waals surface area contributed by atoms with Crippen LogP contribution in [0.1, 0.15) is 24.2 Å². The average Bonchev–Trinajstić information content (AvgIpc) is 2.59. The number of sulfonamides is 1. The third-order valence-corrected chi connectivity index (χ3v) is 5.88. The summed E-state index contributed by atoms with van der Waals surface area (Å²) in [5.74, 6) is -0.0604. The lowest BCUT2D eigenvalue weighted by molar-refractivity contribution is 0.0955. The summed E-state index contributed by atoms with van der Waals surface area (Å²) in [7, 11) is -3.74. The number of anilines is 1. The molecule has 2 aromatic rings. The van der Waals surface area contributed by atoms with E-state index in [1.54, 1.807) is 19.9 Å². The minimum atomic E-state index is -3.74. The van der Waals surface area contributed by atoms with E-state index in [9.17, 15) is 13.2 Å². The lowest BCUT2D eigenvalue weighted by atomic mass is 10.2. The van der Waals surface area contributed by atoms with Crippen LogP contribution in [0, 0.1) is 0 Å². The number of halogens is 3. The second-order valence-corrected chi connectivity index (χ2v) is 9.05. The molecule has 0 aliphatic rings. The number of rotatable bonds is 8. The average molecular weight is 466 g/mol. The van der Waals surface area contributed by atoms with Gasteiger partial charge in [0.1, 0.15) is 5.82 Å². The van der Waals surface area contributed by atoms with E-state index in [0.29, 0.717) is 22.4 Å². The number of aromatic nitrogens is 1. The molecule has 1 amide bonds. The first kappa shape index (κ1) is 22.7. The molecule has 11 heteroatoms. The Morgan fingerprint density at radius 2 is 1.82 bits per heavy atom. The molecular formula is C17H19Cl3N4O3S. The van der Waals surface area contributed by atoms with Gasteiger partial charge in [0.2, 0.25) is 10.0 Å². The lowest BCUT2D eigenvalue weighted by Crippen LogP contribution is -2.31. The van der Waals surface area contributed by atoms with E-state index in [4.69, 9.17) is 34.8 Å². The third kappa shape index (κ3) is 6.22. The zero-order valence-corrected chi connectivity index (χ0v) is 18.2. The quantitative estimate of drug-likeness (QED) is 0.518. The molecule has 0 radical (unpaired) electrons. The first-order chi connectivity index (χ1) is 13.1. The minimum absolute atomic E-state index is 0.0361. The SMILES string of the molecule is CC(C)NS(=O)(=O)c1ccc(Cl)c(C(=O)NCCNc2ncc(Cl)cc2Cl)c1. The van der Waals surface area contributed by atoms with Crippen LogP contribution in [-0.4, -0.2) is 38.4 Å². The molecule has 0 bridgehead atoms. The van der Waals surface area contributed by atoms with Gasteiger partial charge in [0.25, 0.3) is 5.91 Å². The van der Waals surface area contributed by atoms with Crippen LogP contribution in [0.5, 0.6) is 0 Å². The van der Waals surface area contributed by atoms with E-state index >= 15 is 0 Å². The summed E-state index contributed by atoms with van der Waals surface area (Å²) in [6.07, 6.45) is 1.45. The van der Waals surface area contributed by atoms with Gasteiger partial charge in [0.15, 0.2) is 0 Å². The van der Waals surface area contributed by atoms with E-state index < -0.39 is 15.9 Å². The standard InChI is InChI=1S/C17H19Cl3N4O3S/c1-10(2)24-28(26,27)12-3-4-14(19)13(8-12)17(25)22-6-5-21-16-15(20)7-11(18)9-23-16/h3-4,7-10,24H,5-6H2,1-2H3,(H,21,23)(H,22,25). The number of nitrogens with one attached hydrogen (secondary N) is 3. The van der Waals surface area contributed by atoms with Crippen molar-refractivity contribution in [2.75, 3.05) is 18.4 Å². The molecule has 152 valence electrons. The molecular weight excluding hydrogens is 447 g/mol. The maximum atomic E-state index is 12.4. The molecule has 2 rings (SSSR count). The van der Waals surface area contributed by atoms with Crippen LogP contribution in [0.25, 0.3) is 0 Å². The Hall–Kier alpha value is -1.58. The normalized spacial score (nSPS) is 11.5. The summed E-state index contributed by atoms with van der Waals surface area (Å²) in [6, 6.07) is 5.24. The Morgan fingerprint density at radius 1 is 1.11 bits per heavy atom. The number of nitrogens with zero attached hydrogens (tertiary/aromatic N) is 1. The van der Waals surface area contributed by atoms with Gasteiger partial charge in [-0.1, -0.05) is 34.8 Å². The molecule has 0 saturated carbocycles. The predicted molar refractivity (Wildman–Crippen MR) is 112 cm³/mol. The van der Waals surface area contributed by atoms with Crippen molar-refractivity contribution in [1.82, 2.24) is 15.0 Å². The van der Waals surface area contributed by atoms with E-state index in [1.165, 1.54) is 24.4 Å². The molecule has 3 N–H and O–H groups in total. The van der Waals surface area contributed by atoms with E-state index in [0.717, 1.165) is 0 Å². The van der Waals surface area contributed by atoms with E-state index in [1.807, 2.05) is 0 Å². The third-order valence-electron chi connectivity index (χ3n) is 3.39. The van der Waals surface area contributed by atoms with Gasteiger partial charge < -0.3 is 10.6 Å². The Labute approximate surface area is 178 Å². The van der Waals surface area contributed by atoms with Crippen LogP contribution in [0.15, 0.2) is 35.4 Å². The fraction of sp³-hybridized carbons (Fsp3) is 0.294.